The SMILES string of the molecule is CC1(CNC(=O)c2cc(F)ccc2F)CCCNC1.Cl. The Balaban J connectivity index is 0.00000200. The van der Waals surface area contributed by atoms with Crippen LogP contribution in [0.1, 0.15) is 30.1 Å². The molecule has 1 aromatic carbocycles. The van der Waals surface area contributed by atoms with E-state index >= 15 is 0 Å². The molecule has 1 saturated heterocycles. The molecule has 6 heteroatoms. The lowest BCUT2D eigenvalue weighted by Crippen LogP contribution is -2.45. The normalized spacial score (nSPS) is 21.9. The Morgan fingerprint density at radius 2 is 2.20 bits per heavy atom. The van der Waals surface area contributed by atoms with Crippen LogP contribution in [0, 0.1) is 17.0 Å². The summed E-state index contributed by atoms with van der Waals surface area (Å²) >= 11 is 0. The molecule has 1 aliphatic rings. The lowest BCUT2D eigenvalue weighted by atomic mass is 9.83. The van der Waals surface area contributed by atoms with Gasteiger partial charge in [0.1, 0.15) is 11.6 Å². The van der Waals surface area contributed by atoms with Gasteiger partial charge < -0.3 is 10.6 Å². The summed E-state index contributed by atoms with van der Waals surface area (Å²) in [6.07, 6.45) is 2.06. The summed E-state index contributed by atoms with van der Waals surface area (Å²) in [5.41, 5.74) is -0.273. The van der Waals surface area contributed by atoms with Crippen LogP contribution in [0.25, 0.3) is 0 Å². The lowest BCUT2D eigenvalue weighted by Gasteiger charge is -2.34. The van der Waals surface area contributed by atoms with Crippen LogP contribution < -0.4 is 10.6 Å². The van der Waals surface area contributed by atoms with Crippen molar-refractivity contribution < 1.29 is 13.6 Å². The average molecular weight is 305 g/mol. The number of amides is 1. The molecule has 3 nitrogen and oxygen atoms in total. The topological polar surface area (TPSA) is 41.1 Å². The van der Waals surface area contributed by atoms with E-state index in [-0.39, 0.29) is 23.4 Å². The molecule has 2 rings (SSSR count). The fraction of sp³-hybridized carbons (Fsp3) is 0.500. The van der Waals surface area contributed by atoms with Gasteiger partial charge in [0.25, 0.3) is 5.91 Å². The highest BCUT2D eigenvalue weighted by Gasteiger charge is 2.27. The molecular formula is C14H19ClF2N2O. The predicted octanol–water partition coefficient (Wildman–Crippen LogP) is 2.51. The molecule has 1 aliphatic heterocycles. The van der Waals surface area contributed by atoms with Crippen molar-refractivity contribution >= 4 is 18.3 Å². The van der Waals surface area contributed by atoms with E-state index in [1.807, 2.05) is 0 Å². The standard InChI is InChI=1S/C14H18F2N2O.ClH/c1-14(5-2-6-17-8-14)9-18-13(19)11-7-10(15)3-4-12(11)16;/h3-4,7,17H,2,5-6,8-9H2,1H3,(H,18,19);1H. The summed E-state index contributed by atoms with van der Waals surface area (Å²) in [4.78, 5) is 11.9. The molecule has 1 atom stereocenters. The first-order valence-electron chi connectivity index (χ1n) is 6.44. The van der Waals surface area contributed by atoms with E-state index in [9.17, 15) is 13.6 Å². The zero-order valence-corrected chi connectivity index (χ0v) is 12.2. The Morgan fingerprint density at radius 1 is 1.45 bits per heavy atom. The summed E-state index contributed by atoms with van der Waals surface area (Å²) in [5.74, 6) is -1.88. The van der Waals surface area contributed by atoms with Gasteiger partial charge in [0.15, 0.2) is 0 Å². The van der Waals surface area contributed by atoms with E-state index < -0.39 is 17.5 Å². The minimum Gasteiger partial charge on any atom is -0.351 e. The molecule has 1 heterocycles. The molecule has 0 bridgehead atoms. The van der Waals surface area contributed by atoms with Gasteiger partial charge in [0.05, 0.1) is 5.56 Å². The van der Waals surface area contributed by atoms with Crippen LogP contribution in [0.2, 0.25) is 0 Å². The largest absolute Gasteiger partial charge is 0.351 e. The lowest BCUT2D eigenvalue weighted by molar-refractivity contribution is 0.0920. The number of benzene rings is 1. The van der Waals surface area contributed by atoms with Crippen molar-refractivity contribution in [3.05, 3.63) is 35.4 Å². The average Bonchev–Trinajstić information content (AvgIpc) is 2.40. The van der Waals surface area contributed by atoms with E-state index in [4.69, 9.17) is 0 Å². The second-order valence-corrected chi connectivity index (χ2v) is 5.40. The first-order valence-corrected chi connectivity index (χ1v) is 6.44. The Bertz CT molecular complexity index is 476. The molecule has 0 spiro atoms. The van der Waals surface area contributed by atoms with Crippen LogP contribution in [0.3, 0.4) is 0 Å². The zero-order valence-electron chi connectivity index (χ0n) is 11.3. The molecule has 20 heavy (non-hydrogen) atoms. The highest BCUT2D eigenvalue weighted by atomic mass is 35.5. The fourth-order valence-corrected chi connectivity index (χ4v) is 2.33. The van der Waals surface area contributed by atoms with Gasteiger partial charge in [-0.25, -0.2) is 8.78 Å². The van der Waals surface area contributed by atoms with E-state index in [0.717, 1.165) is 44.1 Å². The van der Waals surface area contributed by atoms with Crippen molar-refractivity contribution in [2.75, 3.05) is 19.6 Å². The van der Waals surface area contributed by atoms with Crippen molar-refractivity contribution in [1.29, 1.82) is 0 Å². The molecule has 112 valence electrons. The fourth-order valence-electron chi connectivity index (χ4n) is 2.33. The first-order chi connectivity index (χ1) is 9.00. The minimum absolute atomic E-state index is 0. The summed E-state index contributed by atoms with van der Waals surface area (Å²) in [6.45, 7) is 4.33. The molecule has 2 N–H and O–H groups in total. The van der Waals surface area contributed by atoms with Crippen LogP contribution >= 0.6 is 12.4 Å². The number of nitrogens with one attached hydrogen (secondary N) is 2. The van der Waals surface area contributed by atoms with E-state index in [2.05, 4.69) is 17.6 Å². The summed E-state index contributed by atoms with van der Waals surface area (Å²) in [5, 5.41) is 5.97. The number of rotatable bonds is 3. The number of hydrogen-bond donors (Lipinski definition) is 2. The van der Waals surface area contributed by atoms with Gasteiger partial charge in [-0.2, -0.15) is 0 Å². The Morgan fingerprint density at radius 3 is 2.85 bits per heavy atom. The number of carbonyl (C=O) groups is 1. The third-order valence-electron chi connectivity index (χ3n) is 3.53. The summed E-state index contributed by atoms with van der Waals surface area (Å²) < 4.78 is 26.5. The van der Waals surface area contributed by atoms with Crippen LogP contribution in [0.15, 0.2) is 18.2 Å². The van der Waals surface area contributed by atoms with E-state index in [1.54, 1.807) is 0 Å². The summed E-state index contributed by atoms with van der Waals surface area (Å²) in [6, 6.07) is 2.89. The predicted molar refractivity (Wildman–Crippen MR) is 76.1 cm³/mol. The molecule has 0 aliphatic carbocycles. The molecule has 0 saturated carbocycles. The summed E-state index contributed by atoms with van der Waals surface area (Å²) in [7, 11) is 0. The molecule has 1 aromatic rings. The van der Waals surface area contributed by atoms with Gasteiger partial charge in [0, 0.05) is 13.1 Å². The van der Waals surface area contributed by atoms with Gasteiger partial charge >= 0.3 is 0 Å². The maximum Gasteiger partial charge on any atom is 0.254 e. The number of carbonyl (C=O) groups excluding carboxylic acids is 1. The third-order valence-corrected chi connectivity index (χ3v) is 3.53. The maximum atomic E-state index is 13.4. The van der Waals surface area contributed by atoms with Crippen LogP contribution in [0.5, 0.6) is 0 Å². The first kappa shape index (κ1) is 16.9. The van der Waals surface area contributed by atoms with Gasteiger partial charge in [-0.3, -0.25) is 4.79 Å². The number of piperidine rings is 1. The second-order valence-electron chi connectivity index (χ2n) is 5.40. The molecular weight excluding hydrogens is 286 g/mol. The van der Waals surface area contributed by atoms with E-state index in [0.29, 0.717) is 6.54 Å². The van der Waals surface area contributed by atoms with Crippen LogP contribution in [0.4, 0.5) is 8.78 Å². The van der Waals surface area contributed by atoms with Crippen molar-refractivity contribution in [2.45, 2.75) is 19.8 Å². The van der Waals surface area contributed by atoms with Crippen LogP contribution in [-0.2, 0) is 0 Å². The molecule has 1 amide bonds. The maximum absolute atomic E-state index is 13.4. The second kappa shape index (κ2) is 6.99. The van der Waals surface area contributed by atoms with Crippen molar-refractivity contribution in [3.63, 3.8) is 0 Å². The highest BCUT2D eigenvalue weighted by molar-refractivity contribution is 5.94. The zero-order chi connectivity index (χ0) is 13.9. The Kier molecular flexibility index (Phi) is 5.89. The van der Waals surface area contributed by atoms with Crippen molar-refractivity contribution in [3.8, 4) is 0 Å². The minimum atomic E-state index is -0.703. The van der Waals surface area contributed by atoms with Gasteiger partial charge in [-0.05, 0) is 43.0 Å². The Hall–Kier alpha value is -1.20. The highest BCUT2D eigenvalue weighted by Crippen LogP contribution is 2.24. The quantitative estimate of drug-likeness (QED) is 0.901. The van der Waals surface area contributed by atoms with Gasteiger partial charge in [-0.1, -0.05) is 6.92 Å². The van der Waals surface area contributed by atoms with Gasteiger partial charge in [-0.15, -0.1) is 12.4 Å². The van der Waals surface area contributed by atoms with Crippen molar-refractivity contribution in [2.24, 2.45) is 5.41 Å². The number of hydrogen-bond acceptors (Lipinski definition) is 2. The molecule has 1 unspecified atom stereocenters. The molecule has 0 aromatic heterocycles. The van der Waals surface area contributed by atoms with Gasteiger partial charge in [0.2, 0.25) is 0 Å². The van der Waals surface area contributed by atoms with Crippen LogP contribution in [-0.4, -0.2) is 25.5 Å². The Labute approximate surface area is 123 Å². The van der Waals surface area contributed by atoms with Crippen molar-refractivity contribution in [1.82, 2.24) is 10.6 Å². The molecule has 0 radical (unpaired) electrons. The van der Waals surface area contributed by atoms with E-state index in [1.165, 1.54) is 0 Å². The monoisotopic (exact) mass is 304 g/mol. The smallest absolute Gasteiger partial charge is 0.254 e. The third kappa shape index (κ3) is 4.15. The number of halogens is 3. The molecule has 1 fully saturated rings.